The van der Waals surface area contributed by atoms with Crippen LogP contribution in [0.15, 0.2) is 46.2 Å². The molecule has 0 aliphatic rings. The van der Waals surface area contributed by atoms with Gasteiger partial charge in [0.2, 0.25) is 11.9 Å². The van der Waals surface area contributed by atoms with Gasteiger partial charge < -0.3 is 15.1 Å². The molecule has 24 heavy (non-hydrogen) atoms. The number of nitrogens with zero attached hydrogens (tertiary/aromatic N) is 5. The number of benzene rings is 1. The van der Waals surface area contributed by atoms with E-state index in [1.54, 1.807) is 11.2 Å². The van der Waals surface area contributed by atoms with E-state index in [-0.39, 0.29) is 11.2 Å². The second kappa shape index (κ2) is 6.88. The SMILES string of the molecule is CC(Sc1nc(-c2ccccc2)co1)c1nc(N)nc(N(C)C)n1. The molecule has 3 rings (SSSR count). The maximum absolute atomic E-state index is 5.77. The van der Waals surface area contributed by atoms with Gasteiger partial charge in [-0.1, -0.05) is 42.1 Å². The van der Waals surface area contributed by atoms with Crippen LogP contribution in [0.5, 0.6) is 0 Å². The van der Waals surface area contributed by atoms with Gasteiger partial charge in [0.25, 0.3) is 5.22 Å². The molecule has 2 heterocycles. The van der Waals surface area contributed by atoms with Gasteiger partial charge in [0, 0.05) is 19.7 Å². The molecule has 0 aliphatic heterocycles. The Morgan fingerprint density at radius 3 is 2.54 bits per heavy atom. The summed E-state index contributed by atoms with van der Waals surface area (Å²) in [6, 6.07) is 9.89. The predicted molar refractivity (Wildman–Crippen MR) is 94.8 cm³/mol. The molecule has 0 amide bonds. The molecule has 2 aromatic heterocycles. The lowest BCUT2D eigenvalue weighted by Gasteiger charge is -2.13. The normalized spacial score (nSPS) is 12.1. The maximum atomic E-state index is 5.77. The number of thioether (sulfide) groups is 1. The molecule has 124 valence electrons. The highest BCUT2D eigenvalue weighted by Crippen LogP contribution is 2.34. The first-order valence-corrected chi connectivity index (χ1v) is 8.27. The number of oxazole rings is 1. The molecule has 3 aromatic rings. The lowest BCUT2D eigenvalue weighted by atomic mass is 10.2. The number of aromatic nitrogens is 4. The molecule has 0 aliphatic carbocycles. The molecule has 0 bridgehead atoms. The quantitative estimate of drug-likeness (QED) is 0.707. The Morgan fingerprint density at radius 1 is 1.08 bits per heavy atom. The van der Waals surface area contributed by atoms with E-state index in [0.717, 1.165) is 11.3 Å². The molecule has 8 heteroatoms. The lowest BCUT2D eigenvalue weighted by molar-refractivity contribution is 0.453. The van der Waals surface area contributed by atoms with Crippen molar-refractivity contribution < 1.29 is 4.42 Å². The molecule has 0 saturated heterocycles. The molecule has 1 unspecified atom stereocenters. The van der Waals surface area contributed by atoms with Gasteiger partial charge in [0.15, 0.2) is 0 Å². The van der Waals surface area contributed by atoms with Crippen LogP contribution >= 0.6 is 11.8 Å². The fourth-order valence-corrected chi connectivity index (χ4v) is 2.80. The van der Waals surface area contributed by atoms with Crippen LogP contribution < -0.4 is 10.6 Å². The van der Waals surface area contributed by atoms with Crippen LogP contribution in [0.1, 0.15) is 18.0 Å². The smallest absolute Gasteiger partial charge is 0.256 e. The molecule has 1 atom stereocenters. The highest BCUT2D eigenvalue weighted by atomic mass is 32.2. The zero-order chi connectivity index (χ0) is 17.1. The van der Waals surface area contributed by atoms with E-state index in [2.05, 4.69) is 19.9 Å². The summed E-state index contributed by atoms with van der Waals surface area (Å²) < 4.78 is 5.56. The molecule has 0 radical (unpaired) electrons. The summed E-state index contributed by atoms with van der Waals surface area (Å²) >= 11 is 1.44. The van der Waals surface area contributed by atoms with Crippen LogP contribution in [0.25, 0.3) is 11.3 Å². The Morgan fingerprint density at radius 2 is 1.83 bits per heavy atom. The van der Waals surface area contributed by atoms with Gasteiger partial charge in [-0.2, -0.15) is 15.0 Å². The topological polar surface area (TPSA) is 94.0 Å². The average molecular weight is 342 g/mol. The Labute approximate surface area is 144 Å². The first-order chi connectivity index (χ1) is 11.5. The van der Waals surface area contributed by atoms with Crippen molar-refractivity contribution in [2.24, 2.45) is 0 Å². The summed E-state index contributed by atoms with van der Waals surface area (Å²) in [5.74, 6) is 1.33. The number of nitrogen functional groups attached to an aromatic ring is 1. The van der Waals surface area contributed by atoms with Crippen LogP contribution in [-0.4, -0.2) is 34.0 Å². The van der Waals surface area contributed by atoms with Crippen molar-refractivity contribution >= 4 is 23.7 Å². The van der Waals surface area contributed by atoms with E-state index in [4.69, 9.17) is 10.2 Å². The minimum atomic E-state index is -0.0729. The van der Waals surface area contributed by atoms with E-state index in [1.165, 1.54) is 11.8 Å². The summed E-state index contributed by atoms with van der Waals surface area (Å²) in [5, 5.41) is 0.489. The van der Waals surface area contributed by atoms with Crippen molar-refractivity contribution in [3.8, 4) is 11.3 Å². The Kier molecular flexibility index (Phi) is 4.66. The van der Waals surface area contributed by atoms with Gasteiger partial charge >= 0.3 is 0 Å². The average Bonchev–Trinajstić information content (AvgIpc) is 3.03. The van der Waals surface area contributed by atoms with Gasteiger partial charge in [0.1, 0.15) is 17.8 Å². The number of hydrogen-bond donors (Lipinski definition) is 1. The number of hydrogen-bond acceptors (Lipinski definition) is 8. The number of nitrogens with two attached hydrogens (primary N) is 1. The summed E-state index contributed by atoms with van der Waals surface area (Å²) in [5.41, 5.74) is 7.59. The van der Waals surface area contributed by atoms with Gasteiger partial charge in [0.05, 0.1) is 5.25 Å². The van der Waals surface area contributed by atoms with E-state index < -0.39 is 0 Å². The van der Waals surface area contributed by atoms with Crippen molar-refractivity contribution in [2.75, 3.05) is 24.7 Å². The van der Waals surface area contributed by atoms with E-state index in [9.17, 15) is 0 Å². The number of anilines is 2. The van der Waals surface area contributed by atoms with Crippen molar-refractivity contribution in [3.05, 3.63) is 42.4 Å². The third kappa shape index (κ3) is 3.65. The third-order valence-electron chi connectivity index (χ3n) is 3.25. The van der Waals surface area contributed by atoms with Crippen molar-refractivity contribution in [3.63, 3.8) is 0 Å². The largest absolute Gasteiger partial charge is 0.439 e. The first-order valence-electron chi connectivity index (χ1n) is 7.39. The first kappa shape index (κ1) is 16.3. The molecule has 7 nitrogen and oxygen atoms in total. The van der Waals surface area contributed by atoms with Crippen LogP contribution in [0, 0.1) is 0 Å². The van der Waals surface area contributed by atoms with E-state index in [1.807, 2.05) is 51.4 Å². The molecule has 0 spiro atoms. The Balaban J connectivity index is 1.78. The van der Waals surface area contributed by atoms with Gasteiger partial charge in [-0.05, 0) is 6.92 Å². The Hall–Kier alpha value is -2.61. The maximum Gasteiger partial charge on any atom is 0.256 e. The highest BCUT2D eigenvalue weighted by molar-refractivity contribution is 7.99. The fraction of sp³-hybridized carbons (Fsp3) is 0.250. The van der Waals surface area contributed by atoms with Gasteiger partial charge in [-0.3, -0.25) is 0 Å². The standard InChI is InChI=1S/C16H18N6OS/c1-10(13-19-14(17)21-15(20-13)22(2)3)24-16-18-12(9-23-16)11-7-5-4-6-8-11/h4-10H,1-3H3,(H2,17,19,20,21). The molecule has 0 saturated carbocycles. The zero-order valence-electron chi connectivity index (χ0n) is 13.7. The number of rotatable bonds is 5. The van der Waals surface area contributed by atoms with E-state index in [0.29, 0.717) is 17.0 Å². The second-order valence-corrected chi connectivity index (χ2v) is 6.66. The summed E-state index contributed by atoms with van der Waals surface area (Å²) in [6.07, 6.45) is 1.65. The van der Waals surface area contributed by atoms with Gasteiger partial charge in [-0.25, -0.2) is 4.98 Å². The van der Waals surface area contributed by atoms with Crippen LogP contribution in [0.3, 0.4) is 0 Å². The minimum Gasteiger partial charge on any atom is -0.439 e. The van der Waals surface area contributed by atoms with Crippen molar-refractivity contribution in [1.82, 2.24) is 19.9 Å². The van der Waals surface area contributed by atoms with Crippen LogP contribution in [0.4, 0.5) is 11.9 Å². The molecule has 0 fully saturated rings. The summed E-state index contributed by atoms with van der Waals surface area (Å²) in [6.45, 7) is 1.98. The fourth-order valence-electron chi connectivity index (χ4n) is 2.04. The highest BCUT2D eigenvalue weighted by Gasteiger charge is 2.17. The zero-order valence-corrected chi connectivity index (χ0v) is 14.5. The van der Waals surface area contributed by atoms with Crippen molar-refractivity contribution in [2.45, 2.75) is 17.4 Å². The van der Waals surface area contributed by atoms with Gasteiger partial charge in [-0.15, -0.1) is 0 Å². The molecule has 2 N–H and O–H groups in total. The monoisotopic (exact) mass is 342 g/mol. The molecule has 1 aromatic carbocycles. The van der Waals surface area contributed by atoms with Crippen molar-refractivity contribution in [1.29, 1.82) is 0 Å². The third-order valence-corrected chi connectivity index (χ3v) is 4.21. The minimum absolute atomic E-state index is 0.0729. The lowest BCUT2D eigenvalue weighted by Crippen LogP contribution is -2.16. The molecular formula is C16H18N6OS. The van der Waals surface area contributed by atoms with E-state index >= 15 is 0 Å². The Bertz CT molecular complexity index is 820. The van der Waals surface area contributed by atoms with Crippen LogP contribution in [-0.2, 0) is 0 Å². The summed E-state index contributed by atoms with van der Waals surface area (Å²) in [7, 11) is 3.72. The molecular weight excluding hydrogens is 324 g/mol. The van der Waals surface area contributed by atoms with Crippen LogP contribution in [0.2, 0.25) is 0 Å². The summed E-state index contributed by atoms with van der Waals surface area (Å²) in [4.78, 5) is 19.0. The second-order valence-electron chi connectivity index (χ2n) is 5.37. The predicted octanol–water partition coefficient (Wildman–Crippen LogP) is 3.03.